The second-order valence-corrected chi connectivity index (χ2v) is 6.85. The molecule has 0 spiro atoms. The number of carbonyl (C=O) groups is 1. The number of aliphatic hydroxyl groups is 1. The van der Waals surface area contributed by atoms with E-state index in [4.69, 9.17) is 0 Å². The fourth-order valence-electron chi connectivity index (χ4n) is 2.60. The minimum atomic E-state index is -0.898. The third-order valence-corrected chi connectivity index (χ3v) is 4.66. The van der Waals surface area contributed by atoms with Crippen LogP contribution in [0.4, 0.5) is 4.79 Å². The van der Waals surface area contributed by atoms with Crippen LogP contribution < -0.4 is 0 Å². The smallest absolute Gasteiger partial charge is 0.407 e. The quantitative estimate of drug-likeness (QED) is 0.687. The van der Waals surface area contributed by atoms with Gasteiger partial charge in [-0.3, -0.25) is 0 Å². The molecular weight excluding hydrogens is 218 g/mol. The van der Waals surface area contributed by atoms with E-state index in [1.165, 1.54) is 4.90 Å². The Labute approximate surface area is 104 Å². The Morgan fingerprint density at radius 2 is 1.82 bits per heavy atom. The van der Waals surface area contributed by atoms with Gasteiger partial charge in [-0.1, -0.05) is 27.7 Å². The summed E-state index contributed by atoms with van der Waals surface area (Å²) in [6.07, 6.45) is -0.429. The van der Waals surface area contributed by atoms with E-state index in [1.54, 1.807) is 6.92 Å². The molecular formula is C13H25NO3. The van der Waals surface area contributed by atoms with Gasteiger partial charge in [0.2, 0.25) is 0 Å². The Kier molecular flexibility index (Phi) is 3.25. The molecule has 0 aromatic heterocycles. The molecule has 1 rings (SSSR count). The lowest BCUT2D eigenvalue weighted by molar-refractivity contribution is -0.128. The average Bonchev–Trinajstić information content (AvgIpc) is 2.08. The van der Waals surface area contributed by atoms with E-state index in [1.807, 2.05) is 34.6 Å². The van der Waals surface area contributed by atoms with Crippen LogP contribution in [0.1, 0.15) is 48.0 Å². The highest BCUT2D eigenvalue weighted by atomic mass is 16.4. The minimum Gasteiger partial charge on any atom is -0.465 e. The highest BCUT2D eigenvalue weighted by Gasteiger charge is 2.54. The molecule has 1 heterocycles. The summed E-state index contributed by atoms with van der Waals surface area (Å²) in [5.41, 5.74) is -1.57. The molecule has 3 unspecified atom stereocenters. The molecule has 0 bridgehead atoms. The van der Waals surface area contributed by atoms with Crippen molar-refractivity contribution in [2.24, 2.45) is 11.3 Å². The number of hydrogen-bond acceptors (Lipinski definition) is 2. The van der Waals surface area contributed by atoms with Crippen molar-refractivity contribution in [1.82, 2.24) is 4.90 Å². The summed E-state index contributed by atoms with van der Waals surface area (Å²) in [5.74, 6) is -0.0472. The Morgan fingerprint density at radius 1 is 1.35 bits per heavy atom. The molecule has 1 aliphatic heterocycles. The molecule has 17 heavy (non-hydrogen) atoms. The van der Waals surface area contributed by atoms with Gasteiger partial charge in [0.05, 0.1) is 11.1 Å². The molecule has 0 radical (unpaired) electrons. The van der Waals surface area contributed by atoms with Crippen LogP contribution in [-0.4, -0.2) is 38.9 Å². The summed E-state index contributed by atoms with van der Waals surface area (Å²) in [6.45, 7) is 12.1. The minimum absolute atomic E-state index is 0.0472. The number of piperidine rings is 1. The molecule has 2 N–H and O–H groups in total. The van der Waals surface area contributed by atoms with Crippen LogP contribution in [0.15, 0.2) is 0 Å². The first-order valence-corrected chi connectivity index (χ1v) is 6.15. The standard InChI is InChI=1S/C13H25NO3/c1-9-7-14(10(15)16)13(6,11(2,3)4)8-12(9,5)17/h9,17H,7-8H2,1-6H3,(H,15,16). The summed E-state index contributed by atoms with van der Waals surface area (Å²) < 4.78 is 0. The van der Waals surface area contributed by atoms with E-state index in [0.717, 1.165) is 0 Å². The SMILES string of the molecule is CC1CN(C(=O)O)C(C)(C(C)(C)C)CC1(C)O. The van der Waals surface area contributed by atoms with Gasteiger partial charge in [0.1, 0.15) is 0 Å². The normalized spacial score (nSPS) is 39.2. The first-order valence-electron chi connectivity index (χ1n) is 6.15. The van der Waals surface area contributed by atoms with Crippen molar-refractivity contribution >= 4 is 6.09 Å². The molecule has 3 atom stereocenters. The first kappa shape index (κ1) is 14.3. The largest absolute Gasteiger partial charge is 0.465 e. The zero-order chi connectivity index (χ0) is 13.6. The lowest BCUT2D eigenvalue weighted by Gasteiger charge is -2.57. The van der Waals surface area contributed by atoms with Crippen molar-refractivity contribution < 1.29 is 15.0 Å². The maximum Gasteiger partial charge on any atom is 0.407 e. The number of carboxylic acid groups (broad SMARTS) is 1. The number of nitrogens with zero attached hydrogens (tertiary/aromatic N) is 1. The van der Waals surface area contributed by atoms with Gasteiger partial charge in [0.15, 0.2) is 0 Å². The average molecular weight is 243 g/mol. The van der Waals surface area contributed by atoms with Crippen LogP contribution in [0.3, 0.4) is 0 Å². The zero-order valence-corrected chi connectivity index (χ0v) is 11.7. The molecule has 4 heteroatoms. The van der Waals surface area contributed by atoms with Crippen molar-refractivity contribution in [2.75, 3.05) is 6.54 Å². The molecule has 0 aromatic rings. The summed E-state index contributed by atoms with van der Waals surface area (Å²) in [6, 6.07) is 0. The second kappa shape index (κ2) is 3.87. The molecule has 0 saturated carbocycles. The predicted octanol–water partition coefficient (Wildman–Crippen LogP) is 2.56. The van der Waals surface area contributed by atoms with Crippen LogP contribution in [0.5, 0.6) is 0 Å². The van der Waals surface area contributed by atoms with Gasteiger partial charge < -0.3 is 15.1 Å². The lowest BCUT2D eigenvalue weighted by atomic mass is 9.63. The Hall–Kier alpha value is -0.770. The summed E-state index contributed by atoms with van der Waals surface area (Å²) in [4.78, 5) is 12.9. The molecule has 1 amide bonds. The third-order valence-electron chi connectivity index (χ3n) is 4.66. The lowest BCUT2D eigenvalue weighted by Crippen LogP contribution is -2.66. The molecule has 4 nitrogen and oxygen atoms in total. The summed E-state index contributed by atoms with van der Waals surface area (Å²) in [5, 5.41) is 19.8. The van der Waals surface area contributed by atoms with Crippen LogP contribution in [0, 0.1) is 11.3 Å². The van der Waals surface area contributed by atoms with Crippen LogP contribution in [0.2, 0.25) is 0 Å². The molecule has 1 saturated heterocycles. The van der Waals surface area contributed by atoms with Crippen molar-refractivity contribution in [1.29, 1.82) is 0 Å². The van der Waals surface area contributed by atoms with E-state index in [0.29, 0.717) is 13.0 Å². The van der Waals surface area contributed by atoms with Crippen molar-refractivity contribution in [3.05, 3.63) is 0 Å². The van der Waals surface area contributed by atoms with Crippen LogP contribution in [-0.2, 0) is 0 Å². The summed E-state index contributed by atoms with van der Waals surface area (Å²) >= 11 is 0. The van der Waals surface area contributed by atoms with Crippen molar-refractivity contribution in [3.8, 4) is 0 Å². The number of rotatable bonds is 0. The fraction of sp³-hybridized carbons (Fsp3) is 0.923. The van der Waals surface area contributed by atoms with Gasteiger partial charge in [0, 0.05) is 12.5 Å². The molecule has 1 aliphatic rings. The third kappa shape index (κ3) is 2.28. The number of likely N-dealkylation sites (tertiary alicyclic amines) is 1. The van der Waals surface area contributed by atoms with Gasteiger partial charge in [-0.05, 0) is 25.7 Å². The topological polar surface area (TPSA) is 60.8 Å². The van der Waals surface area contributed by atoms with Gasteiger partial charge in [-0.25, -0.2) is 4.79 Å². The Morgan fingerprint density at radius 3 is 2.18 bits per heavy atom. The van der Waals surface area contributed by atoms with Gasteiger partial charge in [-0.2, -0.15) is 0 Å². The molecule has 100 valence electrons. The Bertz CT molecular complexity index is 319. The maximum atomic E-state index is 11.4. The highest BCUT2D eigenvalue weighted by molar-refractivity contribution is 5.66. The van der Waals surface area contributed by atoms with E-state index in [-0.39, 0.29) is 11.3 Å². The van der Waals surface area contributed by atoms with E-state index in [2.05, 4.69) is 0 Å². The van der Waals surface area contributed by atoms with Gasteiger partial charge in [-0.15, -0.1) is 0 Å². The second-order valence-electron chi connectivity index (χ2n) is 6.85. The molecule has 0 aliphatic carbocycles. The summed E-state index contributed by atoms with van der Waals surface area (Å²) in [7, 11) is 0. The van der Waals surface area contributed by atoms with Crippen LogP contribution in [0.25, 0.3) is 0 Å². The molecule has 1 fully saturated rings. The highest BCUT2D eigenvalue weighted by Crippen LogP contribution is 2.47. The fourth-order valence-corrected chi connectivity index (χ4v) is 2.60. The number of hydrogen-bond donors (Lipinski definition) is 2. The monoisotopic (exact) mass is 243 g/mol. The van der Waals surface area contributed by atoms with Gasteiger partial charge in [0.25, 0.3) is 0 Å². The van der Waals surface area contributed by atoms with E-state index >= 15 is 0 Å². The van der Waals surface area contributed by atoms with E-state index < -0.39 is 17.2 Å². The molecule has 0 aromatic carbocycles. The van der Waals surface area contributed by atoms with Gasteiger partial charge >= 0.3 is 6.09 Å². The Balaban J connectivity index is 3.19. The maximum absolute atomic E-state index is 11.4. The van der Waals surface area contributed by atoms with Crippen molar-refractivity contribution in [2.45, 2.75) is 59.1 Å². The first-order chi connectivity index (χ1) is 7.42. The van der Waals surface area contributed by atoms with E-state index in [9.17, 15) is 15.0 Å². The van der Waals surface area contributed by atoms with Crippen molar-refractivity contribution in [3.63, 3.8) is 0 Å². The zero-order valence-electron chi connectivity index (χ0n) is 11.7. The predicted molar refractivity (Wildman–Crippen MR) is 67.0 cm³/mol. The van der Waals surface area contributed by atoms with Crippen LogP contribution >= 0.6 is 0 Å². The number of amides is 1.